The summed E-state index contributed by atoms with van der Waals surface area (Å²) in [5, 5.41) is 20.8. The first kappa shape index (κ1) is 14.4. The number of hydrogen-bond acceptors (Lipinski definition) is 2. The summed E-state index contributed by atoms with van der Waals surface area (Å²) in [4.78, 5) is 0. The van der Waals surface area contributed by atoms with Crippen molar-refractivity contribution in [2.24, 2.45) is 10.8 Å². The highest BCUT2D eigenvalue weighted by molar-refractivity contribution is 6.30. The van der Waals surface area contributed by atoms with E-state index in [2.05, 4.69) is 19.9 Å². The topological polar surface area (TPSA) is 44.0 Å². The molecule has 3 heteroatoms. The van der Waals surface area contributed by atoms with Gasteiger partial charge in [0.1, 0.15) is 0 Å². The molecule has 1 aliphatic carbocycles. The van der Waals surface area contributed by atoms with E-state index in [0.29, 0.717) is 5.02 Å². The Morgan fingerprint density at radius 2 is 1.68 bits per heavy atom. The molecule has 19 heavy (non-hydrogen) atoms. The molecule has 102 valence electrons. The van der Waals surface area contributed by atoms with Crippen molar-refractivity contribution < 1.29 is 5.11 Å². The number of hydrogen-bond donors (Lipinski definition) is 1. The van der Waals surface area contributed by atoms with Crippen molar-refractivity contribution >= 4 is 11.6 Å². The Hall–Kier alpha value is -1.04. The third-order valence-corrected chi connectivity index (χ3v) is 4.68. The Balaban J connectivity index is 2.23. The van der Waals surface area contributed by atoms with Gasteiger partial charge in [-0.25, -0.2) is 0 Å². The molecule has 1 N–H and O–H groups in total. The lowest BCUT2D eigenvalue weighted by Gasteiger charge is -2.42. The minimum absolute atomic E-state index is 0.278. The molecule has 2 rings (SSSR count). The van der Waals surface area contributed by atoms with Crippen LogP contribution in [0.4, 0.5) is 0 Å². The third kappa shape index (κ3) is 2.94. The van der Waals surface area contributed by atoms with Crippen molar-refractivity contribution in [1.82, 2.24) is 0 Å². The van der Waals surface area contributed by atoms with Crippen molar-refractivity contribution in [2.45, 2.75) is 45.6 Å². The first-order chi connectivity index (χ1) is 8.88. The molecule has 0 heterocycles. The van der Waals surface area contributed by atoms with Gasteiger partial charge < -0.3 is 5.11 Å². The van der Waals surface area contributed by atoms with E-state index in [1.165, 1.54) is 0 Å². The molecule has 1 aromatic carbocycles. The van der Waals surface area contributed by atoms with Crippen molar-refractivity contribution in [1.29, 1.82) is 5.26 Å². The van der Waals surface area contributed by atoms with Gasteiger partial charge in [0.05, 0.1) is 17.6 Å². The van der Waals surface area contributed by atoms with Gasteiger partial charge in [0.15, 0.2) is 0 Å². The van der Waals surface area contributed by atoms with E-state index in [4.69, 9.17) is 11.6 Å². The van der Waals surface area contributed by atoms with Gasteiger partial charge in [-0.3, -0.25) is 0 Å². The van der Waals surface area contributed by atoms with E-state index < -0.39 is 11.5 Å². The first-order valence-electron chi connectivity index (χ1n) is 6.73. The highest BCUT2D eigenvalue weighted by Gasteiger charge is 2.44. The van der Waals surface area contributed by atoms with Crippen LogP contribution in [0.25, 0.3) is 0 Å². The van der Waals surface area contributed by atoms with Crippen LogP contribution in [0.15, 0.2) is 24.3 Å². The summed E-state index contributed by atoms with van der Waals surface area (Å²) < 4.78 is 0. The summed E-state index contributed by atoms with van der Waals surface area (Å²) in [7, 11) is 0. The Kier molecular flexibility index (Phi) is 3.90. The van der Waals surface area contributed by atoms with E-state index in [1.54, 1.807) is 12.1 Å². The fraction of sp³-hybridized carbons (Fsp3) is 0.562. The molecular formula is C16H20ClNO. The van der Waals surface area contributed by atoms with Gasteiger partial charge in [0.2, 0.25) is 0 Å². The van der Waals surface area contributed by atoms with Gasteiger partial charge in [0.25, 0.3) is 0 Å². The Labute approximate surface area is 120 Å². The minimum atomic E-state index is -0.731. The maximum Gasteiger partial charge on any atom is 0.0976 e. The van der Waals surface area contributed by atoms with E-state index >= 15 is 0 Å². The SMILES string of the molecule is CC1(C)CCC(C#N)(C(O)c2ccc(Cl)cc2)CC1. The predicted octanol–water partition coefficient (Wildman–Crippen LogP) is 4.48. The third-order valence-electron chi connectivity index (χ3n) is 4.43. The summed E-state index contributed by atoms with van der Waals surface area (Å²) in [5.74, 6) is 0. The van der Waals surface area contributed by atoms with Crippen LogP contribution in [-0.4, -0.2) is 5.11 Å². The molecule has 0 radical (unpaired) electrons. The fourth-order valence-corrected chi connectivity index (χ4v) is 2.91. The quantitative estimate of drug-likeness (QED) is 0.866. The van der Waals surface area contributed by atoms with Crippen LogP contribution in [0.1, 0.15) is 51.2 Å². The average molecular weight is 278 g/mol. The van der Waals surface area contributed by atoms with Gasteiger partial charge in [-0.05, 0) is 48.8 Å². The number of nitriles is 1. The monoisotopic (exact) mass is 277 g/mol. The zero-order valence-electron chi connectivity index (χ0n) is 11.5. The van der Waals surface area contributed by atoms with Gasteiger partial charge in [-0.15, -0.1) is 0 Å². The summed E-state index contributed by atoms with van der Waals surface area (Å²) in [5.41, 5.74) is 0.411. The molecule has 1 atom stereocenters. The summed E-state index contributed by atoms with van der Waals surface area (Å²) in [6, 6.07) is 9.53. The molecule has 1 fully saturated rings. The van der Waals surface area contributed by atoms with E-state index in [0.717, 1.165) is 31.2 Å². The molecule has 0 spiro atoms. The van der Waals surface area contributed by atoms with Crippen molar-refractivity contribution in [2.75, 3.05) is 0 Å². The molecule has 1 aromatic rings. The fourth-order valence-electron chi connectivity index (χ4n) is 2.78. The van der Waals surface area contributed by atoms with Crippen LogP contribution in [0.3, 0.4) is 0 Å². The van der Waals surface area contributed by atoms with Crippen LogP contribution in [0, 0.1) is 22.2 Å². The molecule has 0 amide bonds. The second kappa shape index (κ2) is 5.15. The average Bonchev–Trinajstić information content (AvgIpc) is 2.40. The second-order valence-corrected chi connectivity index (χ2v) is 6.82. The first-order valence-corrected chi connectivity index (χ1v) is 7.11. The number of halogens is 1. The summed E-state index contributed by atoms with van der Waals surface area (Å²) in [6.07, 6.45) is 2.72. The number of rotatable bonds is 2. The maximum atomic E-state index is 10.6. The van der Waals surface area contributed by atoms with Crippen molar-refractivity contribution in [3.05, 3.63) is 34.9 Å². The van der Waals surface area contributed by atoms with Crippen LogP contribution in [-0.2, 0) is 0 Å². The molecule has 1 saturated carbocycles. The summed E-state index contributed by atoms with van der Waals surface area (Å²) in [6.45, 7) is 4.45. The van der Waals surface area contributed by atoms with Crippen molar-refractivity contribution in [3.63, 3.8) is 0 Å². The molecule has 2 nitrogen and oxygen atoms in total. The molecular weight excluding hydrogens is 258 g/mol. The maximum absolute atomic E-state index is 10.6. The number of nitrogens with zero attached hydrogens (tertiary/aromatic N) is 1. The molecule has 0 aliphatic heterocycles. The second-order valence-electron chi connectivity index (χ2n) is 6.39. The lowest BCUT2D eigenvalue weighted by atomic mass is 9.62. The normalized spacial score (nSPS) is 22.5. The Morgan fingerprint density at radius 3 is 2.16 bits per heavy atom. The van der Waals surface area contributed by atoms with E-state index in [1.807, 2.05) is 12.1 Å². The standard InChI is InChI=1S/C16H20ClNO/c1-15(2)7-9-16(11-18,10-8-15)14(19)12-3-5-13(17)6-4-12/h3-6,14,19H,7-10H2,1-2H3. The lowest BCUT2D eigenvalue weighted by Crippen LogP contribution is -2.35. The number of benzene rings is 1. The van der Waals surface area contributed by atoms with Crippen LogP contribution >= 0.6 is 11.6 Å². The van der Waals surface area contributed by atoms with E-state index in [9.17, 15) is 10.4 Å². The molecule has 1 aliphatic rings. The highest BCUT2D eigenvalue weighted by atomic mass is 35.5. The van der Waals surface area contributed by atoms with Gasteiger partial charge in [0, 0.05) is 5.02 Å². The van der Waals surface area contributed by atoms with Crippen LogP contribution in [0.5, 0.6) is 0 Å². The van der Waals surface area contributed by atoms with Crippen LogP contribution in [0.2, 0.25) is 5.02 Å². The van der Waals surface area contributed by atoms with E-state index in [-0.39, 0.29) is 5.41 Å². The smallest absolute Gasteiger partial charge is 0.0976 e. The lowest BCUT2D eigenvalue weighted by molar-refractivity contribution is 0.00956. The number of aliphatic hydroxyl groups is 1. The molecule has 1 unspecified atom stereocenters. The Bertz CT molecular complexity index is 476. The van der Waals surface area contributed by atoms with Gasteiger partial charge >= 0.3 is 0 Å². The zero-order chi connectivity index (χ0) is 14.1. The molecule has 0 saturated heterocycles. The zero-order valence-corrected chi connectivity index (χ0v) is 12.2. The highest BCUT2D eigenvalue weighted by Crippen LogP contribution is 2.50. The minimum Gasteiger partial charge on any atom is -0.387 e. The van der Waals surface area contributed by atoms with Gasteiger partial charge in [-0.1, -0.05) is 37.6 Å². The van der Waals surface area contributed by atoms with Crippen molar-refractivity contribution in [3.8, 4) is 6.07 Å². The van der Waals surface area contributed by atoms with Gasteiger partial charge in [-0.2, -0.15) is 5.26 Å². The largest absolute Gasteiger partial charge is 0.387 e. The molecule has 0 aromatic heterocycles. The predicted molar refractivity (Wildman–Crippen MR) is 76.7 cm³/mol. The Morgan fingerprint density at radius 1 is 1.16 bits per heavy atom. The molecule has 0 bridgehead atoms. The van der Waals surface area contributed by atoms with Crippen LogP contribution < -0.4 is 0 Å². The number of aliphatic hydroxyl groups excluding tert-OH is 1. The summed E-state index contributed by atoms with van der Waals surface area (Å²) >= 11 is 5.86.